The number of amides is 2. The summed E-state index contributed by atoms with van der Waals surface area (Å²) in [5.41, 5.74) is 4.82. The molecule has 3 aromatic rings. The topological polar surface area (TPSA) is 55.3 Å². The van der Waals surface area contributed by atoms with Crippen molar-refractivity contribution in [3.63, 3.8) is 0 Å². The second-order valence-electron chi connectivity index (χ2n) is 6.22. The number of nitrogens with one attached hydrogen (secondary N) is 2. The van der Waals surface area contributed by atoms with Crippen LogP contribution in [0, 0.1) is 13.8 Å². The highest BCUT2D eigenvalue weighted by molar-refractivity contribution is 6.30. The van der Waals surface area contributed by atoms with Gasteiger partial charge in [-0.05, 0) is 55.8 Å². The fourth-order valence-corrected chi connectivity index (χ4v) is 3.30. The van der Waals surface area contributed by atoms with Gasteiger partial charge in [0.2, 0.25) is 0 Å². The van der Waals surface area contributed by atoms with Crippen LogP contribution in [0.4, 0.5) is 10.5 Å². The first-order valence-electron chi connectivity index (χ1n) is 8.61. The number of aryl methyl sites for hydroxylation is 1. The number of aromatic nitrogens is 1. The van der Waals surface area contributed by atoms with Crippen LogP contribution in [-0.2, 0) is 6.54 Å². The van der Waals surface area contributed by atoms with Crippen molar-refractivity contribution in [2.24, 2.45) is 0 Å². The maximum Gasteiger partial charge on any atom is 0.319 e. The standard InChI is InChI=1S/C21H22ClN3O2/c1-14-11-16(15(2)25(14)18-8-6-7-17(22)12-18)13-23-21(26)24-19-9-4-5-10-20(19)27-3/h4-12H,13H2,1-3H3,(H2,23,24,26). The van der Waals surface area contributed by atoms with Crippen LogP contribution in [0.3, 0.4) is 0 Å². The number of para-hydroxylation sites is 2. The third-order valence-corrected chi connectivity index (χ3v) is 4.63. The van der Waals surface area contributed by atoms with Crippen LogP contribution in [0.2, 0.25) is 5.02 Å². The van der Waals surface area contributed by atoms with Gasteiger partial charge in [-0.15, -0.1) is 0 Å². The Morgan fingerprint density at radius 1 is 1.11 bits per heavy atom. The lowest BCUT2D eigenvalue weighted by Crippen LogP contribution is -2.28. The van der Waals surface area contributed by atoms with Gasteiger partial charge in [-0.3, -0.25) is 0 Å². The summed E-state index contributed by atoms with van der Waals surface area (Å²) in [5, 5.41) is 6.40. The first-order chi connectivity index (χ1) is 13.0. The predicted octanol–water partition coefficient (Wildman–Crippen LogP) is 5.08. The molecule has 27 heavy (non-hydrogen) atoms. The van der Waals surface area contributed by atoms with Gasteiger partial charge in [-0.25, -0.2) is 4.79 Å². The molecule has 0 bridgehead atoms. The van der Waals surface area contributed by atoms with E-state index in [-0.39, 0.29) is 6.03 Å². The van der Waals surface area contributed by atoms with Crippen molar-refractivity contribution in [2.45, 2.75) is 20.4 Å². The van der Waals surface area contributed by atoms with Crippen LogP contribution in [0.15, 0.2) is 54.6 Å². The summed E-state index contributed by atoms with van der Waals surface area (Å²) < 4.78 is 7.38. The van der Waals surface area contributed by atoms with Gasteiger partial charge in [0.25, 0.3) is 0 Å². The van der Waals surface area contributed by atoms with E-state index in [2.05, 4.69) is 21.3 Å². The first kappa shape index (κ1) is 18.9. The molecule has 6 heteroatoms. The first-order valence-corrected chi connectivity index (χ1v) is 8.99. The molecule has 0 fully saturated rings. The fraction of sp³-hybridized carbons (Fsp3) is 0.190. The molecule has 2 amide bonds. The van der Waals surface area contributed by atoms with Crippen molar-refractivity contribution in [2.75, 3.05) is 12.4 Å². The maximum atomic E-state index is 12.3. The zero-order valence-electron chi connectivity index (χ0n) is 15.5. The Labute approximate surface area is 163 Å². The molecule has 2 N–H and O–H groups in total. The summed E-state index contributed by atoms with van der Waals surface area (Å²) in [4.78, 5) is 12.3. The van der Waals surface area contributed by atoms with Crippen molar-refractivity contribution in [3.8, 4) is 11.4 Å². The van der Waals surface area contributed by atoms with Gasteiger partial charge < -0.3 is 19.9 Å². The average Bonchev–Trinajstić information content (AvgIpc) is 2.94. The van der Waals surface area contributed by atoms with E-state index in [1.165, 1.54) is 0 Å². The number of halogens is 1. The highest BCUT2D eigenvalue weighted by Crippen LogP contribution is 2.24. The molecule has 0 unspecified atom stereocenters. The number of nitrogens with zero attached hydrogens (tertiary/aromatic N) is 1. The van der Waals surface area contributed by atoms with Gasteiger partial charge >= 0.3 is 6.03 Å². The Balaban J connectivity index is 1.71. The quantitative estimate of drug-likeness (QED) is 0.645. The van der Waals surface area contributed by atoms with E-state index < -0.39 is 0 Å². The molecule has 2 aromatic carbocycles. The summed E-state index contributed by atoms with van der Waals surface area (Å²) >= 11 is 6.12. The minimum absolute atomic E-state index is 0.285. The highest BCUT2D eigenvalue weighted by Gasteiger charge is 2.12. The van der Waals surface area contributed by atoms with Crippen molar-refractivity contribution in [3.05, 3.63) is 76.6 Å². The molecular weight excluding hydrogens is 362 g/mol. The number of ether oxygens (including phenoxy) is 1. The molecule has 0 atom stereocenters. The van der Waals surface area contributed by atoms with E-state index in [4.69, 9.17) is 16.3 Å². The van der Waals surface area contributed by atoms with Gasteiger partial charge in [-0.1, -0.05) is 29.8 Å². The third kappa shape index (κ3) is 4.26. The van der Waals surface area contributed by atoms with Crippen LogP contribution in [-0.4, -0.2) is 17.7 Å². The van der Waals surface area contributed by atoms with Crippen molar-refractivity contribution < 1.29 is 9.53 Å². The average molecular weight is 384 g/mol. The van der Waals surface area contributed by atoms with E-state index in [1.807, 2.05) is 50.2 Å². The Bertz CT molecular complexity index is 966. The number of benzene rings is 2. The summed E-state index contributed by atoms with van der Waals surface area (Å²) in [7, 11) is 1.57. The monoisotopic (exact) mass is 383 g/mol. The van der Waals surface area contributed by atoms with Gasteiger partial charge in [0, 0.05) is 28.6 Å². The normalized spacial score (nSPS) is 10.5. The molecule has 1 heterocycles. The van der Waals surface area contributed by atoms with E-state index in [1.54, 1.807) is 19.2 Å². The summed E-state index contributed by atoms with van der Waals surface area (Å²) in [6, 6.07) is 16.8. The zero-order valence-corrected chi connectivity index (χ0v) is 16.3. The molecule has 0 saturated heterocycles. The molecular formula is C21H22ClN3O2. The van der Waals surface area contributed by atoms with Gasteiger partial charge in [0.1, 0.15) is 5.75 Å². The van der Waals surface area contributed by atoms with Gasteiger partial charge in [0.05, 0.1) is 12.8 Å². The van der Waals surface area contributed by atoms with E-state index in [9.17, 15) is 4.79 Å². The summed E-state index contributed by atoms with van der Waals surface area (Å²) in [5.74, 6) is 0.617. The molecule has 0 saturated carbocycles. The highest BCUT2D eigenvalue weighted by atomic mass is 35.5. The van der Waals surface area contributed by atoms with Crippen molar-refractivity contribution in [1.29, 1.82) is 0 Å². The Morgan fingerprint density at radius 3 is 2.63 bits per heavy atom. The molecule has 5 nitrogen and oxygen atoms in total. The number of hydrogen-bond donors (Lipinski definition) is 2. The summed E-state index contributed by atoms with van der Waals surface area (Å²) in [6.07, 6.45) is 0. The lowest BCUT2D eigenvalue weighted by molar-refractivity contribution is 0.251. The number of rotatable bonds is 5. The van der Waals surface area contributed by atoms with Crippen molar-refractivity contribution in [1.82, 2.24) is 9.88 Å². The van der Waals surface area contributed by atoms with Gasteiger partial charge in [0.15, 0.2) is 0 Å². The molecule has 0 aliphatic heterocycles. The number of hydrogen-bond acceptors (Lipinski definition) is 2. The van der Waals surface area contributed by atoms with Gasteiger partial charge in [-0.2, -0.15) is 0 Å². The van der Waals surface area contributed by atoms with Crippen LogP contribution >= 0.6 is 11.6 Å². The Kier molecular flexibility index (Phi) is 5.72. The third-order valence-electron chi connectivity index (χ3n) is 4.40. The van der Waals surface area contributed by atoms with Crippen LogP contribution in [0.1, 0.15) is 17.0 Å². The van der Waals surface area contributed by atoms with Crippen LogP contribution < -0.4 is 15.4 Å². The molecule has 0 aliphatic carbocycles. The number of carbonyl (C=O) groups is 1. The number of urea groups is 1. The lowest BCUT2D eigenvalue weighted by atomic mass is 10.2. The van der Waals surface area contributed by atoms with E-state index in [0.717, 1.165) is 22.6 Å². The molecule has 1 aromatic heterocycles. The molecule has 0 aliphatic rings. The molecule has 140 valence electrons. The second-order valence-corrected chi connectivity index (χ2v) is 6.66. The molecule has 3 rings (SSSR count). The smallest absolute Gasteiger partial charge is 0.319 e. The van der Waals surface area contributed by atoms with E-state index >= 15 is 0 Å². The lowest BCUT2D eigenvalue weighted by Gasteiger charge is -2.12. The van der Waals surface area contributed by atoms with Crippen LogP contribution in [0.5, 0.6) is 5.75 Å². The Hall–Kier alpha value is -2.92. The number of methoxy groups -OCH3 is 1. The summed E-state index contributed by atoms with van der Waals surface area (Å²) in [6.45, 7) is 4.48. The zero-order chi connectivity index (χ0) is 19.4. The predicted molar refractivity (Wildman–Crippen MR) is 109 cm³/mol. The fourth-order valence-electron chi connectivity index (χ4n) is 3.11. The largest absolute Gasteiger partial charge is 0.495 e. The Morgan fingerprint density at radius 2 is 1.89 bits per heavy atom. The SMILES string of the molecule is COc1ccccc1NC(=O)NCc1cc(C)n(-c2cccc(Cl)c2)c1C. The van der Waals surface area contributed by atoms with E-state index in [0.29, 0.717) is 23.0 Å². The van der Waals surface area contributed by atoms with Crippen molar-refractivity contribution >= 4 is 23.3 Å². The van der Waals surface area contributed by atoms with Crippen LogP contribution in [0.25, 0.3) is 5.69 Å². The number of anilines is 1. The second kappa shape index (κ2) is 8.18. The molecule has 0 radical (unpaired) electrons. The minimum Gasteiger partial charge on any atom is -0.495 e. The minimum atomic E-state index is -0.285. The number of carbonyl (C=O) groups excluding carboxylic acids is 1. The molecule has 0 spiro atoms. The maximum absolute atomic E-state index is 12.3.